The predicted octanol–water partition coefficient (Wildman–Crippen LogP) is 1.92. The molecule has 1 N–H and O–H groups in total. The Morgan fingerprint density at radius 3 is 2.16 bits per heavy atom. The van der Waals surface area contributed by atoms with Gasteiger partial charge in [-0.25, -0.2) is 9.59 Å². The van der Waals surface area contributed by atoms with E-state index in [4.69, 9.17) is 4.74 Å². The number of nitrogens with zero attached hydrogens (tertiary/aromatic N) is 1. The van der Waals surface area contributed by atoms with Crippen LogP contribution < -0.4 is 4.90 Å². The summed E-state index contributed by atoms with van der Waals surface area (Å²) in [4.78, 5) is 24.7. The number of ether oxygens (including phenoxy) is 1. The first-order valence-corrected chi connectivity index (χ1v) is 5.96. The number of aliphatic carboxylic acids is 1. The zero-order chi connectivity index (χ0) is 14.6. The molecule has 0 saturated carbocycles. The molecule has 0 spiro atoms. The lowest BCUT2D eigenvalue weighted by Gasteiger charge is -2.28. The highest BCUT2D eigenvalue weighted by Gasteiger charge is 2.34. The Morgan fingerprint density at radius 2 is 1.74 bits per heavy atom. The van der Waals surface area contributed by atoms with Crippen LogP contribution in [0.25, 0.3) is 0 Å². The smallest absolute Gasteiger partial charge is 0.341 e. The first-order chi connectivity index (χ1) is 8.72. The van der Waals surface area contributed by atoms with E-state index in [1.807, 2.05) is 6.07 Å². The summed E-state index contributed by atoms with van der Waals surface area (Å²) in [6.45, 7) is 5.10. The largest absolute Gasteiger partial charge is 0.479 e. The summed E-state index contributed by atoms with van der Waals surface area (Å²) in [5.74, 6) is -2.01. The first kappa shape index (κ1) is 15.0. The second-order valence-electron chi connectivity index (χ2n) is 5.22. The van der Waals surface area contributed by atoms with Crippen molar-refractivity contribution in [3.05, 3.63) is 30.3 Å². The van der Waals surface area contributed by atoms with E-state index < -0.39 is 23.6 Å². The van der Waals surface area contributed by atoms with Crippen molar-refractivity contribution in [2.45, 2.75) is 32.4 Å². The number of carboxylic acid groups (broad SMARTS) is 1. The van der Waals surface area contributed by atoms with E-state index in [9.17, 15) is 14.7 Å². The van der Waals surface area contributed by atoms with Crippen LogP contribution >= 0.6 is 0 Å². The van der Waals surface area contributed by atoms with E-state index in [1.165, 1.54) is 4.90 Å². The fourth-order valence-electron chi connectivity index (χ4n) is 1.59. The number of carbonyl (C=O) groups excluding carboxylic acids is 1. The van der Waals surface area contributed by atoms with Crippen molar-refractivity contribution in [1.82, 2.24) is 0 Å². The monoisotopic (exact) mass is 265 g/mol. The molecule has 1 atom stereocenters. The summed E-state index contributed by atoms with van der Waals surface area (Å²) in [6.07, 6.45) is 0. The van der Waals surface area contributed by atoms with E-state index in [0.29, 0.717) is 5.69 Å². The molecule has 0 saturated heterocycles. The van der Waals surface area contributed by atoms with Crippen molar-refractivity contribution in [3.63, 3.8) is 0 Å². The van der Waals surface area contributed by atoms with Crippen LogP contribution in [0.5, 0.6) is 0 Å². The number of benzene rings is 1. The van der Waals surface area contributed by atoms with Crippen molar-refractivity contribution in [2.24, 2.45) is 0 Å². The van der Waals surface area contributed by atoms with Gasteiger partial charge in [0.05, 0.1) is 0 Å². The normalized spacial score (nSPS) is 12.6. The Labute approximate surface area is 112 Å². The maximum Gasteiger partial charge on any atom is 0.341 e. The number of rotatable bonds is 4. The van der Waals surface area contributed by atoms with Gasteiger partial charge >= 0.3 is 11.9 Å². The predicted molar refractivity (Wildman–Crippen MR) is 72.1 cm³/mol. The van der Waals surface area contributed by atoms with Crippen molar-refractivity contribution in [2.75, 3.05) is 11.9 Å². The molecule has 0 aromatic heterocycles. The Kier molecular flexibility index (Phi) is 4.53. The van der Waals surface area contributed by atoms with E-state index in [2.05, 4.69) is 0 Å². The lowest BCUT2D eigenvalue weighted by Crippen LogP contribution is -2.47. The number of carbonyl (C=O) groups is 2. The molecular formula is C14H19NO4. The molecule has 0 unspecified atom stereocenters. The molecule has 5 nitrogen and oxygen atoms in total. The quantitative estimate of drug-likeness (QED) is 0.665. The molecule has 0 fully saturated rings. The standard InChI is InChI=1S/C14H19NO4/c1-14(2,3)19-13(18)11(12(16)17)15(4)10-8-6-5-7-9-10/h5-9,11H,1-4H3,(H,16,17)/t11-/m1/s1. The summed E-state index contributed by atoms with van der Waals surface area (Å²) in [7, 11) is 1.55. The van der Waals surface area contributed by atoms with Crippen molar-refractivity contribution >= 4 is 17.6 Å². The van der Waals surface area contributed by atoms with Crippen LogP contribution in [-0.2, 0) is 14.3 Å². The van der Waals surface area contributed by atoms with Crippen LogP contribution in [0, 0.1) is 0 Å². The SMILES string of the molecule is CN(c1ccccc1)[C@H](C(=O)O)C(=O)OC(C)(C)C. The Balaban J connectivity index is 2.96. The zero-order valence-corrected chi connectivity index (χ0v) is 11.6. The number of hydrogen-bond acceptors (Lipinski definition) is 4. The number of hydrogen-bond donors (Lipinski definition) is 1. The molecule has 0 bridgehead atoms. The maximum atomic E-state index is 12.0. The van der Waals surface area contributed by atoms with Crippen molar-refractivity contribution in [1.29, 1.82) is 0 Å². The fraction of sp³-hybridized carbons (Fsp3) is 0.429. The first-order valence-electron chi connectivity index (χ1n) is 5.96. The molecule has 5 heteroatoms. The highest BCUT2D eigenvalue weighted by atomic mass is 16.6. The average Bonchev–Trinajstić information content (AvgIpc) is 2.27. The van der Waals surface area contributed by atoms with Gasteiger partial charge < -0.3 is 14.7 Å². The van der Waals surface area contributed by atoms with E-state index in [-0.39, 0.29) is 0 Å². The highest BCUT2D eigenvalue weighted by molar-refractivity contribution is 6.01. The van der Waals surface area contributed by atoms with Gasteiger partial charge in [-0.2, -0.15) is 0 Å². The molecule has 1 aromatic carbocycles. The minimum Gasteiger partial charge on any atom is -0.479 e. The third-order valence-corrected chi connectivity index (χ3v) is 2.41. The molecular weight excluding hydrogens is 246 g/mol. The number of carboxylic acids is 1. The lowest BCUT2D eigenvalue weighted by molar-refractivity contribution is -0.161. The van der Waals surface area contributed by atoms with Crippen LogP contribution in [0.2, 0.25) is 0 Å². The third-order valence-electron chi connectivity index (χ3n) is 2.41. The van der Waals surface area contributed by atoms with Gasteiger partial charge in [-0.1, -0.05) is 18.2 Å². The molecule has 104 valence electrons. The Bertz CT molecular complexity index is 450. The van der Waals surface area contributed by atoms with E-state index in [0.717, 1.165) is 0 Å². The van der Waals surface area contributed by atoms with Crippen LogP contribution in [0.3, 0.4) is 0 Å². The number of esters is 1. The van der Waals surface area contributed by atoms with Crippen LogP contribution in [-0.4, -0.2) is 35.7 Å². The summed E-state index contributed by atoms with van der Waals surface area (Å²) in [5.41, 5.74) is -0.0803. The van der Waals surface area contributed by atoms with Crippen LogP contribution in [0.15, 0.2) is 30.3 Å². The van der Waals surface area contributed by atoms with Gasteiger partial charge in [-0.3, -0.25) is 0 Å². The summed E-state index contributed by atoms with van der Waals surface area (Å²) in [6, 6.07) is 7.49. The van der Waals surface area contributed by atoms with Crippen molar-refractivity contribution in [3.8, 4) is 0 Å². The van der Waals surface area contributed by atoms with Gasteiger partial charge in [0.2, 0.25) is 6.04 Å². The Hall–Kier alpha value is -2.04. The number of anilines is 1. The second kappa shape index (κ2) is 5.73. The highest BCUT2D eigenvalue weighted by Crippen LogP contribution is 2.17. The number of likely N-dealkylation sites (N-methyl/N-ethyl adjacent to an activating group) is 1. The van der Waals surface area contributed by atoms with E-state index >= 15 is 0 Å². The third kappa shape index (κ3) is 4.28. The molecule has 0 radical (unpaired) electrons. The topological polar surface area (TPSA) is 66.8 Å². The van der Waals surface area contributed by atoms with Gasteiger partial charge in [-0.15, -0.1) is 0 Å². The minimum absolute atomic E-state index is 0.640. The fourth-order valence-corrected chi connectivity index (χ4v) is 1.59. The summed E-state index contributed by atoms with van der Waals surface area (Å²) in [5, 5.41) is 9.23. The van der Waals surface area contributed by atoms with Gasteiger partial charge in [0, 0.05) is 12.7 Å². The van der Waals surface area contributed by atoms with E-state index in [1.54, 1.807) is 52.1 Å². The molecule has 0 aliphatic heterocycles. The lowest BCUT2D eigenvalue weighted by atomic mass is 10.1. The average molecular weight is 265 g/mol. The molecule has 1 rings (SSSR count). The van der Waals surface area contributed by atoms with Gasteiger partial charge in [0.25, 0.3) is 0 Å². The molecule has 0 aliphatic carbocycles. The summed E-state index contributed by atoms with van der Waals surface area (Å²) >= 11 is 0. The zero-order valence-electron chi connectivity index (χ0n) is 11.6. The molecule has 19 heavy (non-hydrogen) atoms. The van der Waals surface area contributed by atoms with Crippen LogP contribution in [0.4, 0.5) is 5.69 Å². The molecule has 0 aliphatic rings. The van der Waals surface area contributed by atoms with Crippen LogP contribution in [0.1, 0.15) is 20.8 Å². The minimum atomic E-state index is -1.36. The molecule has 0 heterocycles. The summed E-state index contributed by atoms with van der Waals surface area (Å²) < 4.78 is 5.14. The number of para-hydroxylation sites is 1. The molecule has 0 amide bonds. The molecule has 1 aromatic rings. The maximum absolute atomic E-state index is 12.0. The van der Waals surface area contributed by atoms with Crippen molar-refractivity contribution < 1.29 is 19.4 Å². The van der Waals surface area contributed by atoms with Gasteiger partial charge in [0.1, 0.15) is 5.60 Å². The second-order valence-corrected chi connectivity index (χ2v) is 5.22. The van der Waals surface area contributed by atoms with Gasteiger partial charge in [-0.05, 0) is 32.9 Å². The Morgan fingerprint density at radius 1 is 1.21 bits per heavy atom. The van der Waals surface area contributed by atoms with Gasteiger partial charge in [0.15, 0.2) is 0 Å².